The van der Waals surface area contributed by atoms with Crippen molar-refractivity contribution in [2.24, 2.45) is 7.05 Å². The Bertz CT molecular complexity index is 571. The Hall–Kier alpha value is -1.63. The Morgan fingerprint density at radius 1 is 1.19 bits per heavy atom. The average Bonchev–Trinajstić information content (AvgIpc) is 2.29. The molecule has 0 N–H and O–H groups in total. The Kier molecular flexibility index (Phi) is 2.38. The molecule has 1 aromatic carbocycles. The monoisotopic (exact) mass is 214 g/mol. The molecule has 2 aromatic rings. The van der Waals surface area contributed by atoms with Gasteiger partial charge in [0.1, 0.15) is 7.05 Å². The first-order valence-corrected chi connectivity index (χ1v) is 5.46. The van der Waals surface area contributed by atoms with Crippen LogP contribution in [0.2, 0.25) is 0 Å². The molecule has 82 valence electrons. The van der Waals surface area contributed by atoms with Gasteiger partial charge in [0.2, 0.25) is 5.69 Å². The van der Waals surface area contributed by atoms with Crippen molar-refractivity contribution in [1.29, 1.82) is 0 Å². The lowest BCUT2D eigenvalue weighted by Crippen LogP contribution is -2.31. The van der Waals surface area contributed by atoms with Crippen molar-refractivity contribution in [2.75, 3.05) is 0 Å². The molecule has 0 spiro atoms. The minimum Gasteiger partial charge on any atom is -0.201 e. The number of hydrogen-bond acceptors (Lipinski definition) is 0. The van der Waals surface area contributed by atoms with E-state index in [0.717, 1.165) is 22.4 Å². The zero-order valence-electron chi connectivity index (χ0n) is 12.0. The van der Waals surface area contributed by atoms with E-state index >= 15 is 0 Å². The van der Waals surface area contributed by atoms with Crippen molar-refractivity contribution in [3.63, 3.8) is 0 Å². The highest BCUT2D eigenvalue weighted by molar-refractivity contribution is 5.63. The molecule has 1 heterocycles. The summed E-state index contributed by atoms with van der Waals surface area (Å²) in [6.45, 7) is 3.65. The number of aryl methyl sites for hydroxylation is 3. The second-order valence-corrected chi connectivity index (χ2v) is 3.95. The summed E-state index contributed by atoms with van der Waals surface area (Å²) in [5.41, 5.74) is 3.91. The molecule has 0 aliphatic carbocycles. The number of hydrogen-bond donors (Lipinski definition) is 0. The molecule has 0 saturated heterocycles. The van der Waals surface area contributed by atoms with E-state index in [9.17, 15) is 0 Å². The third-order valence-electron chi connectivity index (χ3n) is 2.85. The lowest BCUT2D eigenvalue weighted by Gasteiger charge is -2.07. The second-order valence-electron chi connectivity index (χ2n) is 3.95. The van der Waals surface area contributed by atoms with Gasteiger partial charge in [-0.3, -0.25) is 0 Å². The summed E-state index contributed by atoms with van der Waals surface area (Å²) >= 11 is 0. The standard InChI is InChI=1S/C15H18N/c1-4-13-9-7-11-16(3)15(13)14-10-6-5-8-12(14)2/h5-11H,4H2,1-3H3/q+1/i4D2. The maximum absolute atomic E-state index is 7.98. The molecule has 0 atom stereocenters. The molecular formula is C15H18N+. The molecule has 0 fully saturated rings. The topological polar surface area (TPSA) is 3.88 Å². The maximum atomic E-state index is 7.98. The van der Waals surface area contributed by atoms with Gasteiger partial charge in [0.15, 0.2) is 6.20 Å². The molecule has 0 saturated carbocycles. The van der Waals surface area contributed by atoms with Crippen molar-refractivity contribution in [2.45, 2.75) is 20.2 Å². The highest BCUT2D eigenvalue weighted by Gasteiger charge is 2.15. The van der Waals surface area contributed by atoms with E-state index in [-0.39, 0.29) is 0 Å². The number of nitrogens with zero attached hydrogens (tertiary/aromatic N) is 1. The van der Waals surface area contributed by atoms with Crippen molar-refractivity contribution < 1.29 is 7.31 Å². The zero-order valence-corrected chi connectivity index (χ0v) is 9.99. The van der Waals surface area contributed by atoms with Crippen LogP contribution in [0.1, 0.15) is 20.8 Å². The van der Waals surface area contributed by atoms with Crippen LogP contribution in [-0.2, 0) is 13.4 Å². The SMILES string of the molecule is [2H]C([2H])(C)c1ccc[n+](C)c1-c1ccccc1C. The molecule has 0 amide bonds. The van der Waals surface area contributed by atoms with Gasteiger partial charge < -0.3 is 0 Å². The largest absolute Gasteiger partial charge is 0.215 e. The van der Waals surface area contributed by atoms with Gasteiger partial charge in [0, 0.05) is 19.9 Å². The number of aromatic nitrogens is 1. The maximum Gasteiger partial charge on any atom is 0.215 e. The number of benzene rings is 1. The molecule has 1 aromatic heterocycles. The van der Waals surface area contributed by atoms with Crippen LogP contribution in [0, 0.1) is 6.92 Å². The van der Waals surface area contributed by atoms with E-state index < -0.39 is 6.37 Å². The fourth-order valence-corrected chi connectivity index (χ4v) is 1.99. The van der Waals surface area contributed by atoms with Gasteiger partial charge in [-0.1, -0.05) is 25.1 Å². The first kappa shape index (κ1) is 8.51. The summed E-state index contributed by atoms with van der Waals surface area (Å²) in [4.78, 5) is 0. The molecule has 1 nitrogen and oxygen atoms in total. The van der Waals surface area contributed by atoms with Gasteiger partial charge in [0.25, 0.3) is 0 Å². The van der Waals surface area contributed by atoms with Gasteiger partial charge in [-0.05, 0) is 31.0 Å². The van der Waals surface area contributed by atoms with Crippen LogP contribution >= 0.6 is 0 Å². The van der Waals surface area contributed by atoms with Gasteiger partial charge >= 0.3 is 0 Å². The van der Waals surface area contributed by atoms with E-state index in [1.807, 2.05) is 48.1 Å². The van der Waals surface area contributed by atoms with Crippen LogP contribution in [0.3, 0.4) is 0 Å². The van der Waals surface area contributed by atoms with Crippen LogP contribution in [0.5, 0.6) is 0 Å². The Labute approximate surface area is 100 Å². The number of pyridine rings is 1. The minimum atomic E-state index is -1.35. The smallest absolute Gasteiger partial charge is 0.201 e. The van der Waals surface area contributed by atoms with Gasteiger partial charge in [-0.25, -0.2) is 4.57 Å². The minimum absolute atomic E-state index is 0.724. The first-order valence-electron chi connectivity index (χ1n) is 6.46. The Balaban J connectivity index is 2.75. The van der Waals surface area contributed by atoms with E-state index in [1.165, 1.54) is 0 Å². The Morgan fingerprint density at radius 3 is 2.62 bits per heavy atom. The molecule has 0 aliphatic rings. The summed E-state index contributed by atoms with van der Waals surface area (Å²) in [6, 6.07) is 11.8. The van der Waals surface area contributed by atoms with Crippen LogP contribution in [0.4, 0.5) is 0 Å². The van der Waals surface area contributed by atoms with E-state index in [0.29, 0.717) is 0 Å². The highest BCUT2D eigenvalue weighted by atomic mass is 14.9. The molecule has 0 radical (unpaired) electrons. The summed E-state index contributed by atoms with van der Waals surface area (Å²) < 4.78 is 18.0. The summed E-state index contributed by atoms with van der Waals surface area (Å²) in [6.07, 6.45) is 0.605. The zero-order chi connectivity index (χ0) is 13.3. The summed E-state index contributed by atoms with van der Waals surface area (Å²) in [7, 11) is 1.96. The quantitative estimate of drug-likeness (QED) is 0.676. The van der Waals surface area contributed by atoms with E-state index in [2.05, 4.69) is 13.0 Å². The van der Waals surface area contributed by atoms with Gasteiger partial charge in [0.05, 0.1) is 0 Å². The van der Waals surface area contributed by atoms with Crippen LogP contribution in [0.15, 0.2) is 42.6 Å². The van der Waals surface area contributed by atoms with Crippen molar-refractivity contribution >= 4 is 0 Å². The fraction of sp³-hybridized carbons (Fsp3) is 0.267. The van der Waals surface area contributed by atoms with Gasteiger partial charge in [-0.2, -0.15) is 0 Å². The molecule has 0 aliphatic heterocycles. The second kappa shape index (κ2) is 4.48. The molecule has 0 unspecified atom stereocenters. The van der Waals surface area contributed by atoms with Crippen LogP contribution in [0.25, 0.3) is 11.3 Å². The molecular weight excluding hydrogens is 194 g/mol. The van der Waals surface area contributed by atoms with Crippen molar-refractivity contribution in [1.82, 2.24) is 0 Å². The molecule has 0 bridgehead atoms. The predicted molar refractivity (Wildman–Crippen MR) is 67.2 cm³/mol. The van der Waals surface area contributed by atoms with Gasteiger partial charge in [-0.15, -0.1) is 0 Å². The van der Waals surface area contributed by atoms with Crippen LogP contribution < -0.4 is 4.57 Å². The molecule has 2 rings (SSSR count). The summed E-state index contributed by atoms with van der Waals surface area (Å²) in [5.74, 6) is 0. The van der Waals surface area contributed by atoms with Crippen LogP contribution in [-0.4, -0.2) is 0 Å². The third kappa shape index (κ3) is 1.85. The predicted octanol–water partition coefficient (Wildman–Crippen LogP) is 3.05. The molecule has 1 heteroatoms. The van der Waals surface area contributed by atoms with Crippen molar-refractivity contribution in [3.8, 4) is 11.3 Å². The average molecular weight is 214 g/mol. The Morgan fingerprint density at radius 2 is 1.94 bits per heavy atom. The lowest BCUT2D eigenvalue weighted by molar-refractivity contribution is -0.660. The third-order valence-corrected chi connectivity index (χ3v) is 2.85. The highest BCUT2D eigenvalue weighted by Crippen LogP contribution is 2.23. The van der Waals surface area contributed by atoms with E-state index in [1.54, 1.807) is 6.92 Å². The molecule has 16 heavy (non-hydrogen) atoms. The summed E-state index contributed by atoms with van der Waals surface area (Å²) in [5, 5.41) is 0. The normalized spacial score (nSPS) is 13.2. The van der Waals surface area contributed by atoms with Crippen molar-refractivity contribution in [3.05, 3.63) is 53.7 Å². The first-order chi connectivity index (χ1) is 8.41. The number of rotatable bonds is 2. The fourth-order valence-electron chi connectivity index (χ4n) is 1.99. The lowest BCUT2D eigenvalue weighted by atomic mass is 9.99. The van der Waals surface area contributed by atoms with E-state index in [4.69, 9.17) is 2.74 Å².